The van der Waals surface area contributed by atoms with E-state index in [-0.39, 0.29) is 23.8 Å². The minimum absolute atomic E-state index is 0.0788. The van der Waals surface area contributed by atoms with Crippen LogP contribution in [0.2, 0.25) is 0 Å². The number of benzene rings is 1. The van der Waals surface area contributed by atoms with Crippen molar-refractivity contribution in [3.05, 3.63) is 36.4 Å². The molecule has 3 aliphatic heterocycles. The summed E-state index contributed by atoms with van der Waals surface area (Å²) in [5.41, 5.74) is -0.562. The molecule has 3 heterocycles. The van der Waals surface area contributed by atoms with Crippen molar-refractivity contribution in [3.8, 4) is 5.75 Å². The van der Waals surface area contributed by atoms with E-state index < -0.39 is 29.6 Å². The molecule has 2 bridgehead atoms. The van der Waals surface area contributed by atoms with Crippen LogP contribution in [0.3, 0.4) is 0 Å². The van der Waals surface area contributed by atoms with Crippen LogP contribution in [0.25, 0.3) is 0 Å². The van der Waals surface area contributed by atoms with E-state index in [2.05, 4.69) is 36.3 Å². The van der Waals surface area contributed by atoms with Gasteiger partial charge in [0.2, 0.25) is 17.7 Å². The van der Waals surface area contributed by atoms with Gasteiger partial charge in [-0.3, -0.25) is 14.4 Å². The van der Waals surface area contributed by atoms with Crippen molar-refractivity contribution in [3.63, 3.8) is 0 Å². The van der Waals surface area contributed by atoms with Crippen molar-refractivity contribution in [1.29, 1.82) is 0 Å². The van der Waals surface area contributed by atoms with Gasteiger partial charge in [0.25, 0.3) is 0 Å². The molecule has 5 rings (SSSR count). The predicted molar refractivity (Wildman–Crippen MR) is 157 cm³/mol. The number of nitrogens with one attached hydrogen (secondary N) is 2. The van der Waals surface area contributed by atoms with Gasteiger partial charge in [0.15, 0.2) is 0 Å². The van der Waals surface area contributed by atoms with E-state index in [4.69, 9.17) is 9.47 Å². The number of anilines is 1. The molecular weight excluding hydrogens is 520 g/mol. The summed E-state index contributed by atoms with van der Waals surface area (Å²) in [6, 6.07) is 6.42. The van der Waals surface area contributed by atoms with Gasteiger partial charge in [-0.05, 0) is 56.8 Å². The van der Waals surface area contributed by atoms with Gasteiger partial charge in [-0.2, -0.15) is 0 Å². The molecule has 1 aliphatic carbocycles. The fourth-order valence-corrected chi connectivity index (χ4v) is 7.44. The number of carbonyl (C=O) groups is 3. The molecule has 9 heteroatoms. The van der Waals surface area contributed by atoms with Gasteiger partial charge in [0, 0.05) is 30.9 Å². The maximum absolute atomic E-state index is 14.3. The SMILES string of the molecule is CCCN(CCC)CCN1C(=O)[C@@H]2[C@H](C(=O)Nc3cccc(OC)c3)[C@@H]3C=C[C@@]2(O3)[C@@H]1C(=O)N[C@H]1CCCC[C@H]1C. The zero-order valence-corrected chi connectivity index (χ0v) is 24.9. The molecule has 0 unspecified atom stereocenters. The minimum atomic E-state index is -1.15. The summed E-state index contributed by atoms with van der Waals surface area (Å²) in [7, 11) is 1.58. The van der Waals surface area contributed by atoms with Gasteiger partial charge < -0.3 is 29.9 Å². The van der Waals surface area contributed by atoms with Crippen LogP contribution in [-0.2, 0) is 19.1 Å². The van der Waals surface area contributed by atoms with E-state index in [1.165, 1.54) is 6.42 Å². The Morgan fingerprint density at radius 2 is 1.88 bits per heavy atom. The lowest BCUT2D eigenvalue weighted by atomic mass is 9.74. The van der Waals surface area contributed by atoms with Crippen LogP contribution >= 0.6 is 0 Å². The summed E-state index contributed by atoms with van der Waals surface area (Å²) in [4.78, 5) is 46.2. The van der Waals surface area contributed by atoms with Crippen LogP contribution in [-0.4, -0.2) is 84.6 Å². The van der Waals surface area contributed by atoms with E-state index >= 15 is 0 Å². The molecule has 3 fully saturated rings. The first-order chi connectivity index (χ1) is 19.8. The van der Waals surface area contributed by atoms with Crippen molar-refractivity contribution in [2.24, 2.45) is 17.8 Å². The Hall–Kier alpha value is -2.91. The molecule has 1 saturated carbocycles. The second-order valence-corrected chi connectivity index (χ2v) is 12.2. The summed E-state index contributed by atoms with van der Waals surface area (Å²) in [6.07, 6.45) is 9.52. The van der Waals surface area contributed by atoms with Crippen LogP contribution in [0.15, 0.2) is 36.4 Å². The second-order valence-electron chi connectivity index (χ2n) is 12.2. The van der Waals surface area contributed by atoms with Gasteiger partial charge in [0.05, 0.1) is 25.0 Å². The average molecular weight is 567 g/mol. The Kier molecular flexibility index (Phi) is 9.04. The van der Waals surface area contributed by atoms with E-state index in [1.807, 2.05) is 18.2 Å². The summed E-state index contributed by atoms with van der Waals surface area (Å²) in [6.45, 7) is 9.45. The summed E-state index contributed by atoms with van der Waals surface area (Å²) >= 11 is 0. The van der Waals surface area contributed by atoms with Crippen molar-refractivity contribution in [1.82, 2.24) is 15.1 Å². The highest BCUT2D eigenvalue weighted by Crippen LogP contribution is 2.55. The smallest absolute Gasteiger partial charge is 0.246 e. The molecule has 0 radical (unpaired) electrons. The third kappa shape index (κ3) is 5.63. The molecule has 2 N–H and O–H groups in total. The Labute approximate surface area is 244 Å². The molecule has 224 valence electrons. The maximum atomic E-state index is 14.3. The molecular formula is C32H46N4O5. The Morgan fingerprint density at radius 1 is 1.12 bits per heavy atom. The first-order valence-corrected chi connectivity index (χ1v) is 15.5. The van der Waals surface area contributed by atoms with Crippen molar-refractivity contribution in [2.45, 2.75) is 83.1 Å². The molecule has 9 nitrogen and oxygen atoms in total. The minimum Gasteiger partial charge on any atom is -0.497 e. The highest BCUT2D eigenvalue weighted by Gasteiger charge is 2.72. The maximum Gasteiger partial charge on any atom is 0.246 e. The lowest BCUT2D eigenvalue weighted by Crippen LogP contribution is -2.58. The third-order valence-corrected chi connectivity index (χ3v) is 9.44. The highest BCUT2D eigenvalue weighted by molar-refractivity contribution is 6.02. The molecule has 7 atom stereocenters. The molecule has 0 aromatic heterocycles. The lowest BCUT2D eigenvalue weighted by molar-refractivity contribution is -0.141. The summed E-state index contributed by atoms with van der Waals surface area (Å²) in [5.74, 6) is -1.10. The standard InChI is InChI=1S/C32H46N4O5/c1-5-16-35(17-6-2)18-19-36-28(30(38)34-24-13-8-7-10-21(24)3)32-15-14-25(41-32)26(27(32)31(36)39)29(37)33-22-11-9-12-23(20-22)40-4/h9,11-12,14-15,20-21,24-28H,5-8,10,13,16-19H2,1-4H3,(H,33,37)(H,34,38)/t21-,24+,25+,26-,27+,28+,32+/m1/s1. The Balaban J connectivity index is 1.42. The number of methoxy groups -OCH3 is 1. The lowest BCUT2D eigenvalue weighted by Gasteiger charge is -2.36. The van der Waals surface area contributed by atoms with Crippen LogP contribution in [0.4, 0.5) is 5.69 Å². The van der Waals surface area contributed by atoms with Crippen LogP contribution in [0, 0.1) is 17.8 Å². The number of rotatable bonds is 12. The van der Waals surface area contributed by atoms with Gasteiger partial charge in [-0.25, -0.2) is 0 Å². The monoisotopic (exact) mass is 566 g/mol. The van der Waals surface area contributed by atoms with Gasteiger partial charge >= 0.3 is 0 Å². The molecule has 3 amide bonds. The van der Waals surface area contributed by atoms with Crippen molar-refractivity contribution in [2.75, 3.05) is 38.6 Å². The van der Waals surface area contributed by atoms with Gasteiger partial charge in [-0.1, -0.05) is 51.8 Å². The van der Waals surface area contributed by atoms with E-state index in [9.17, 15) is 14.4 Å². The normalized spacial score (nSPS) is 31.9. The first-order valence-electron chi connectivity index (χ1n) is 15.5. The predicted octanol–water partition coefficient (Wildman–Crippen LogP) is 3.60. The molecule has 2 saturated heterocycles. The zero-order chi connectivity index (χ0) is 29.1. The number of carbonyl (C=O) groups excluding carboxylic acids is 3. The van der Waals surface area contributed by atoms with E-state index in [1.54, 1.807) is 30.2 Å². The number of nitrogens with zero attached hydrogens (tertiary/aromatic N) is 2. The fourth-order valence-electron chi connectivity index (χ4n) is 7.44. The Morgan fingerprint density at radius 3 is 2.59 bits per heavy atom. The fraction of sp³-hybridized carbons (Fsp3) is 0.656. The number of likely N-dealkylation sites (tertiary alicyclic amines) is 1. The number of ether oxygens (including phenoxy) is 2. The van der Waals surface area contributed by atoms with Crippen LogP contribution in [0.1, 0.15) is 59.3 Å². The highest BCUT2D eigenvalue weighted by atomic mass is 16.5. The number of amides is 3. The van der Waals surface area contributed by atoms with E-state index in [0.717, 1.165) is 45.2 Å². The van der Waals surface area contributed by atoms with Crippen molar-refractivity contribution < 1.29 is 23.9 Å². The molecule has 1 spiro atoms. The zero-order valence-electron chi connectivity index (χ0n) is 24.9. The first kappa shape index (κ1) is 29.6. The summed E-state index contributed by atoms with van der Waals surface area (Å²) in [5, 5.41) is 6.29. The largest absolute Gasteiger partial charge is 0.497 e. The number of hydrogen-bond acceptors (Lipinski definition) is 6. The number of fused-ring (bicyclic) bond motifs is 1. The quantitative estimate of drug-likeness (QED) is 0.375. The van der Waals surface area contributed by atoms with Crippen LogP contribution in [0.5, 0.6) is 5.75 Å². The van der Waals surface area contributed by atoms with E-state index in [0.29, 0.717) is 30.4 Å². The number of hydrogen-bond donors (Lipinski definition) is 2. The topological polar surface area (TPSA) is 100 Å². The third-order valence-electron chi connectivity index (χ3n) is 9.44. The van der Waals surface area contributed by atoms with Crippen LogP contribution < -0.4 is 15.4 Å². The molecule has 41 heavy (non-hydrogen) atoms. The average Bonchev–Trinajstić information content (AvgIpc) is 3.60. The summed E-state index contributed by atoms with van der Waals surface area (Å²) < 4.78 is 11.8. The van der Waals surface area contributed by atoms with Crippen molar-refractivity contribution >= 4 is 23.4 Å². The molecule has 4 aliphatic rings. The molecule has 1 aromatic carbocycles. The van der Waals surface area contributed by atoms with Gasteiger partial charge in [0.1, 0.15) is 17.4 Å². The van der Waals surface area contributed by atoms with Gasteiger partial charge in [-0.15, -0.1) is 0 Å². The molecule has 1 aromatic rings. The second kappa shape index (κ2) is 12.5. The Bertz CT molecular complexity index is 1150.